The highest BCUT2D eigenvalue weighted by atomic mass is 32.1. The molecule has 1 aliphatic carbocycles. The molecule has 0 bridgehead atoms. The third kappa shape index (κ3) is 5.92. The highest BCUT2D eigenvalue weighted by molar-refractivity contribution is 7.13. The number of thiazole rings is 1. The van der Waals surface area contributed by atoms with Crippen LogP contribution in [-0.2, 0) is 20.9 Å². The van der Waals surface area contributed by atoms with E-state index in [0.29, 0.717) is 25.9 Å². The average molecular weight is 543 g/mol. The van der Waals surface area contributed by atoms with Crippen LogP contribution < -0.4 is 10.6 Å². The summed E-state index contributed by atoms with van der Waals surface area (Å²) in [6.07, 6.45) is 1.61. The molecular weight excluding hydrogens is 503 g/mol. The van der Waals surface area contributed by atoms with E-state index in [2.05, 4.69) is 47.7 Å². The largest absolute Gasteiger partial charge is 0.350 e. The number of nitrogens with one attached hydrogen (secondary N) is 2. The van der Waals surface area contributed by atoms with Crippen molar-refractivity contribution in [1.29, 1.82) is 0 Å². The number of nitrogens with zero attached hydrogens (tertiary/aromatic N) is 2. The number of carbonyl (C=O) groups excluding carboxylic acids is 3. The zero-order chi connectivity index (χ0) is 27.8. The maximum absolute atomic E-state index is 14.4. The molecule has 2 atom stereocenters. The van der Waals surface area contributed by atoms with E-state index in [0.717, 1.165) is 27.3 Å². The first-order chi connectivity index (χ1) is 17.8. The second-order valence-corrected chi connectivity index (χ2v) is 12.8. The second kappa shape index (κ2) is 10.8. The summed E-state index contributed by atoms with van der Waals surface area (Å²) in [5, 5.41) is 5.70. The summed E-state index contributed by atoms with van der Waals surface area (Å²) < 4.78 is 14.4. The minimum atomic E-state index is -1.87. The van der Waals surface area contributed by atoms with Gasteiger partial charge in [0.15, 0.2) is 5.67 Å². The molecule has 2 fully saturated rings. The number of benzene rings is 1. The van der Waals surface area contributed by atoms with E-state index in [4.69, 9.17) is 0 Å². The molecule has 2 heterocycles. The smallest absolute Gasteiger partial charge is 0.258 e. The highest BCUT2D eigenvalue weighted by Crippen LogP contribution is 2.40. The minimum absolute atomic E-state index is 0.182. The third-order valence-corrected chi connectivity index (χ3v) is 8.53. The van der Waals surface area contributed by atoms with Crippen molar-refractivity contribution in [3.05, 3.63) is 40.5 Å². The fraction of sp³-hybridized carbons (Fsp3) is 0.586. The summed E-state index contributed by atoms with van der Waals surface area (Å²) in [6, 6.07) is 4.76. The van der Waals surface area contributed by atoms with Crippen molar-refractivity contribution < 1.29 is 18.8 Å². The molecule has 4 rings (SSSR count). The number of carbonyl (C=O) groups is 3. The average Bonchev–Trinajstić information content (AvgIpc) is 3.23. The van der Waals surface area contributed by atoms with Crippen LogP contribution in [0.1, 0.15) is 83.0 Å². The molecule has 1 aromatic heterocycles. The van der Waals surface area contributed by atoms with Gasteiger partial charge in [0.25, 0.3) is 5.91 Å². The molecule has 1 aromatic carbocycles. The summed E-state index contributed by atoms with van der Waals surface area (Å²) in [5.74, 6) is -1.01. The first-order valence-electron chi connectivity index (χ1n) is 13.4. The van der Waals surface area contributed by atoms with E-state index in [1.54, 1.807) is 16.2 Å². The van der Waals surface area contributed by atoms with Crippen molar-refractivity contribution >= 4 is 29.1 Å². The number of aryl methyl sites for hydroxylation is 1. The van der Waals surface area contributed by atoms with E-state index in [1.165, 1.54) is 0 Å². The molecule has 9 heteroatoms. The van der Waals surface area contributed by atoms with Crippen LogP contribution in [-0.4, -0.2) is 51.9 Å². The molecule has 7 nitrogen and oxygen atoms in total. The number of hydrogen-bond acceptors (Lipinski definition) is 5. The van der Waals surface area contributed by atoms with E-state index < -0.39 is 29.1 Å². The Hall–Kier alpha value is -2.81. The molecule has 206 valence electrons. The first kappa shape index (κ1) is 28.2. The second-order valence-electron chi connectivity index (χ2n) is 12.0. The third-order valence-electron chi connectivity index (χ3n) is 7.55. The molecule has 2 aromatic rings. The Morgan fingerprint density at radius 2 is 1.95 bits per heavy atom. The Balaban J connectivity index is 1.46. The predicted molar refractivity (Wildman–Crippen MR) is 147 cm³/mol. The standard InChI is InChI=1S/C29H39FN4O3S/c1-17(2)21-14-19(23-18(3)32-16-38-23)9-10-20(21)15-31-25(35)22-8-7-13-34(22)26(36)24(28(4,5)6)33-27(37)29(30)11-12-29/h9-10,14,16-17,22,24H,7-8,11-13,15H2,1-6H3,(H,31,35)(H,33,37). The normalized spacial score (nSPS) is 19.4. The molecule has 2 unspecified atom stereocenters. The van der Waals surface area contributed by atoms with Gasteiger partial charge in [0.1, 0.15) is 12.1 Å². The van der Waals surface area contributed by atoms with Crippen molar-refractivity contribution in [2.24, 2.45) is 5.41 Å². The molecular formula is C29H39FN4O3S. The number of likely N-dealkylation sites (tertiary alicyclic amines) is 1. The summed E-state index contributed by atoms with van der Waals surface area (Å²) in [5.41, 5.74) is 3.66. The molecule has 0 radical (unpaired) electrons. The van der Waals surface area contributed by atoms with Crippen LogP contribution in [0.2, 0.25) is 0 Å². The van der Waals surface area contributed by atoms with E-state index >= 15 is 0 Å². The van der Waals surface area contributed by atoms with Gasteiger partial charge in [-0.3, -0.25) is 14.4 Å². The quantitative estimate of drug-likeness (QED) is 0.497. The van der Waals surface area contributed by atoms with Gasteiger partial charge in [-0.1, -0.05) is 46.8 Å². The fourth-order valence-electron chi connectivity index (χ4n) is 5.03. The van der Waals surface area contributed by atoms with Crippen LogP contribution >= 0.6 is 11.3 Å². The van der Waals surface area contributed by atoms with Gasteiger partial charge in [0.2, 0.25) is 11.8 Å². The molecule has 1 saturated heterocycles. The lowest BCUT2D eigenvalue weighted by atomic mass is 9.85. The van der Waals surface area contributed by atoms with Crippen molar-refractivity contribution in [3.63, 3.8) is 0 Å². The zero-order valence-corrected chi connectivity index (χ0v) is 24.0. The lowest BCUT2D eigenvalue weighted by molar-refractivity contribution is -0.144. The summed E-state index contributed by atoms with van der Waals surface area (Å²) in [4.78, 5) is 46.4. The van der Waals surface area contributed by atoms with Crippen molar-refractivity contribution in [2.45, 2.75) is 97.4 Å². The molecule has 2 aliphatic rings. The predicted octanol–water partition coefficient (Wildman–Crippen LogP) is 4.88. The molecule has 1 aliphatic heterocycles. The van der Waals surface area contributed by atoms with E-state index in [-0.39, 0.29) is 30.6 Å². The zero-order valence-electron chi connectivity index (χ0n) is 23.2. The molecule has 3 amide bonds. The van der Waals surface area contributed by atoms with Gasteiger partial charge in [-0.05, 0) is 66.7 Å². The van der Waals surface area contributed by atoms with Crippen molar-refractivity contribution in [2.75, 3.05) is 6.54 Å². The van der Waals surface area contributed by atoms with Crippen molar-refractivity contribution in [1.82, 2.24) is 20.5 Å². The molecule has 1 saturated carbocycles. The van der Waals surface area contributed by atoms with Gasteiger partial charge in [-0.25, -0.2) is 9.37 Å². The SMILES string of the molecule is Cc1ncsc1-c1ccc(CNC(=O)C2CCCN2C(=O)C(NC(=O)C2(F)CC2)C(C)(C)C)c(C(C)C)c1. The van der Waals surface area contributed by atoms with Crippen molar-refractivity contribution in [3.8, 4) is 10.4 Å². The Kier molecular flexibility index (Phi) is 7.98. The fourth-order valence-corrected chi connectivity index (χ4v) is 5.83. The Labute approximate surface area is 228 Å². The molecule has 2 N–H and O–H groups in total. The molecule has 38 heavy (non-hydrogen) atoms. The highest BCUT2D eigenvalue weighted by Gasteiger charge is 2.53. The number of amides is 3. The van der Waals surface area contributed by atoms with Gasteiger partial charge < -0.3 is 15.5 Å². The van der Waals surface area contributed by atoms with Crippen LogP contribution in [0.3, 0.4) is 0 Å². The van der Waals surface area contributed by atoms with Crippen LogP contribution in [0.15, 0.2) is 23.7 Å². The van der Waals surface area contributed by atoms with Gasteiger partial charge in [0.05, 0.1) is 16.1 Å². The summed E-state index contributed by atoms with van der Waals surface area (Å²) >= 11 is 1.61. The maximum Gasteiger partial charge on any atom is 0.258 e. The minimum Gasteiger partial charge on any atom is -0.350 e. The van der Waals surface area contributed by atoms with Gasteiger partial charge in [-0.2, -0.15) is 0 Å². The Bertz CT molecular complexity index is 1210. The van der Waals surface area contributed by atoms with Crippen LogP contribution in [0.4, 0.5) is 4.39 Å². The number of halogens is 1. The number of aromatic nitrogens is 1. The van der Waals surface area contributed by atoms with Crippen LogP contribution in [0.5, 0.6) is 0 Å². The summed E-state index contributed by atoms with van der Waals surface area (Å²) in [7, 11) is 0. The lowest BCUT2D eigenvalue weighted by Crippen LogP contribution is -2.58. The monoisotopic (exact) mass is 542 g/mol. The lowest BCUT2D eigenvalue weighted by Gasteiger charge is -2.35. The Morgan fingerprint density at radius 3 is 2.53 bits per heavy atom. The van der Waals surface area contributed by atoms with Crippen LogP contribution in [0, 0.1) is 12.3 Å². The Morgan fingerprint density at radius 1 is 1.24 bits per heavy atom. The first-order valence-corrected chi connectivity index (χ1v) is 14.3. The summed E-state index contributed by atoms with van der Waals surface area (Å²) in [6.45, 7) is 12.6. The topological polar surface area (TPSA) is 91.4 Å². The van der Waals surface area contributed by atoms with E-state index in [9.17, 15) is 18.8 Å². The maximum atomic E-state index is 14.4. The van der Waals surface area contributed by atoms with Gasteiger partial charge >= 0.3 is 0 Å². The van der Waals surface area contributed by atoms with Crippen LogP contribution in [0.25, 0.3) is 10.4 Å². The van der Waals surface area contributed by atoms with Gasteiger partial charge in [-0.15, -0.1) is 11.3 Å². The van der Waals surface area contributed by atoms with E-state index in [1.807, 2.05) is 33.2 Å². The number of hydrogen-bond donors (Lipinski definition) is 2. The number of rotatable bonds is 8. The van der Waals surface area contributed by atoms with Gasteiger partial charge in [0, 0.05) is 13.1 Å². The number of alkyl halides is 1. The molecule has 0 spiro atoms.